The minimum Gasteiger partial charge on any atom is -0.457 e. The van der Waals surface area contributed by atoms with Gasteiger partial charge in [-0.3, -0.25) is 0 Å². The van der Waals surface area contributed by atoms with Crippen molar-refractivity contribution < 1.29 is 9.15 Å². The number of ether oxygens (including phenoxy) is 1. The predicted octanol–water partition coefficient (Wildman–Crippen LogP) is 11.7. The van der Waals surface area contributed by atoms with Gasteiger partial charge in [-0.25, -0.2) is 0 Å². The second kappa shape index (κ2) is 8.83. The van der Waals surface area contributed by atoms with Crippen LogP contribution in [0.1, 0.15) is 25.0 Å². The van der Waals surface area contributed by atoms with Crippen molar-refractivity contribution in [3.63, 3.8) is 0 Å². The van der Waals surface area contributed by atoms with Crippen molar-refractivity contribution in [2.45, 2.75) is 19.3 Å². The normalized spacial score (nSPS) is 13.7. The van der Waals surface area contributed by atoms with Gasteiger partial charge in [-0.2, -0.15) is 0 Å². The summed E-state index contributed by atoms with van der Waals surface area (Å²) in [6.45, 7) is 4.56. The predicted molar refractivity (Wildman–Crippen MR) is 178 cm³/mol. The number of rotatable bonds is 2. The minimum absolute atomic E-state index is 0.133. The molecule has 0 spiro atoms. The molecular formula is C41H28O2. The maximum Gasteiger partial charge on any atom is 0.136 e. The summed E-state index contributed by atoms with van der Waals surface area (Å²) >= 11 is 0. The summed E-state index contributed by atoms with van der Waals surface area (Å²) in [4.78, 5) is 0. The minimum atomic E-state index is -0.133. The van der Waals surface area contributed by atoms with Gasteiger partial charge in [0.15, 0.2) is 0 Å². The Morgan fingerprint density at radius 3 is 2.02 bits per heavy atom. The molecule has 0 bridgehead atoms. The fraction of sp³-hybridized carbons (Fsp3) is 0.0732. The van der Waals surface area contributed by atoms with Crippen LogP contribution in [-0.4, -0.2) is 0 Å². The molecule has 0 saturated carbocycles. The summed E-state index contributed by atoms with van der Waals surface area (Å²) in [6, 6.07) is 47.6. The molecule has 0 atom stereocenters. The van der Waals surface area contributed by atoms with Crippen molar-refractivity contribution in [2.24, 2.45) is 0 Å². The zero-order chi connectivity index (χ0) is 28.7. The van der Waals surface area contributed by atoms with E-state index in [1.165, 1.54) is 49.4 Å². The van der Waals surface area contributed by atoms with Crippen molar-refractivity contribution in [3.05, 3.63) is 145 Å². The molecule has 204 valence electrons. The topological polar surface area (TPSA) is 22.4 Å². The van der Waals surface area contributed by atoms with Crippen molar-refractivity contribution in [3.8, 4) is 33.8 Å². The lowest BCUT2D eigenvalue weighted by Crippen LogP contribution is -2.24. The smallest absolute Gasteiger partial charge is 0.136 e. The molecule has 2 heterocycles. The van der Waals surface area contributed by atoms with Gasteiger partial charge in [-0.05, 0) is 74.1 Å². The molecule has 0 saturated heterocycles. The fourth-order valence-corrected chi connectivity index (χ4v) is 7.15. The monoisotopic (exact) mass is 552 g/mol. The van der Waals surface area contributed by atoms with E-state index < -0.39 is 0 Å². The molecule has 9 rings (SSSR count). The third-order valence-electron chi connectivity index (χ3n) is 9.32. The summed E-state index contributed by atoms with van der Waals surface area (Å²) in [6.07, 6.45) is 0. The average Bonchev–Trinajstić information content (AvgIpc) is 3.40. The van der Waals surface area contributed by atoms with E-state index in [0.29, 0.717) is 0 Å². The third-order valence-corrected chi connectivity index (χ3v) is 9.32. The van der Waals surface area contributed by atoms with Crippen molar-refractivity contribution in [2.75, 3.05) is 0 Å². The van der Waals surface area contributed by atoms with Gasteiger partial charge in [0.1, 0.15) is 22.7 Å². The number of para-hydroxylation sites is 1. The molecule has 2 heteroatoms. The lowest BCUT2D eigenvalue weighted by atomic mass is 9.75. The van der Waals surface area contributed by atoms with E-state index in [4.69, 9.17) is 9.15 Å². The van der Waals surface area contributed by atoms with Crippen LogP contribution in [0, 0.1) is 0 Å². The fourth-order valence-electron chi connectivity index (χ4n) is 7.15. The van der Waals surface area contributed by atoms with Crippen LogP contribution in [0.25, 0.3) is 65.7 Å². The molecule has 7 aromatic carbocycles. The van der Waals surface area contributed by atoms with Crippen LogP contribution in [0.5, 0.6) is 11.5 Å². The van der Waals surface area contributed by atoms with Crippen molar-refractivity contribution in [1.82, 2.24) is 0 Å². The summed E-state index contributed by atoms with van der Waals surface area (Å²) in [5.74, 6) is 1.86. The molecule has 43 heavy (non-hydrogen) atoms. The lowest BCUT2D eigenvalue weighted by Gasteiger charge is -2.34. The number of furan rings is 1. The number of benzene rings is 7. The van der Waals surface area contributed by atoms with Crippen LogP contribution < -0.4 is 4.74 Å². The standard InChI is InChI=1S/C41H28O2/c1-41(2)34-15-7-8-16-36(34)42-39-24-27(18-21-35(39)41)28-19-20-31(30-13-6-5-12-29(28)30)32-14-9-17-37-40(32)33-22-25-10-3-4-11-26(25)23-38(33)43-37/h3-24H,1-2H3. The molecule has 1 aliphatic rings. The second-order valence-electron chi connectivity index (χ2n) is 12.1. The molecule has 0 fully saturated rings. The summed E-state index contributed by atoms with van der Waals surface area (Å²) in [5, 5.41) is 7.13. The van der Waals surface area contributed by atoms with Crippen LogP contribution >= 0.6 is 0 Å². The van der Waals surface area contributed by atoms with Gasteiger partial charge in [0.25, 0.3) is 0 Å². The van der Waals surface area contributed by atoms with E-state index in [-0.39, 0.29) is 5.41 Å². The van der Waals surface area contributed by atoms with Gasteiger partial charge < -0.3 is 9.15 Å². The molecular weight excluding hydrogens is 524 g/mol. The Morgan fingerprint density at radius 2 is 1.16 bits per heavy atom. The SMILES string of the molecule is CC1(C)c2ccccc2Oc2cc(-c3ccc(-c4cccc5oc6cc7ccccc7cc6c45)c4ccccc34)ccc21. The zero-order valence-corrected chi connectivity index (χ0v) is 24.0. The van der Waals surface area contributed by atoms with Crippen LogP contribution in [0.15, 0.2) is 138 Å². The highest BCUT2D eigenvalue weighted by Gasteiger charge is 2.34. The second-order valence-corrected chi connectivity index (χ2v) is 12.1. The largest absolute Gasteiger partial charge is 0.457 e. The maximum absolute atomic E-state index is 6.48. The van der Waals surface area contributed by atoms with E-state index in [1.807, 2.05) is 6.07 Å². The lowest BCUT2D eigenvalue weighted by molar-refractivity contribution is 0.418. The average molecular weight is 553 g/mol. The summed E-state index contributed by atoms with van der Waals surface area (Å²) in [5.41, 5.74) is 8.85. The molecule has 0 amide bonds. The summed E-state index contributed by atoms with van der Waals surface area (Å²) in [7, 11) is 0. The first-order valence-corrected chi connectivity index (χ1v) is 14.8. The van der Waals surface area contributed by atoms with Crippen molar-refractivity contribution in [1.29, 1.82) is 0 Å². The van der Waals surface area contributed by atoms with Crippen LogP contribution in [0.2, 0.25) is 0 Å². The molecule has 0 N–H and O–H groups in total. The quantitative estimate of drug-likeness (QED) is 0.213. The van der Waals surface area contributed by atoms with Crippen LogP contribution in [0.4, 0.5) is 0 Å². The molecule has 0 radical (unpaired) electrons. The Morgan fingerprint density at radius 1 is 0.465 bits per heavy atom. The highest BCUT2D eigenvalue weighted by Crippen LogP contribution is 2.49. The highest BCUT2D eigenvalue weighted by molar-refractivity contribution is 6.18. The third kappa shape index (κ3) is 3.53. The van der Waals surface area contributed by atoms with Gasteiger partial charge in [0.05, 0.1) is 0 Å². The first kappa shape index (κ1) is 24.3. The molecule has 2 nitrogen and oxygen atoms in total. The van der Waals surface area contributed by atoms with Crippen molar-refractivity contribution >= 4 is 43.5 Å². The van der Waals surface area contributed by atoms with E-state index in [9.17, 15) is 0 Å². The number of hydrogen-bond acceptors (Lipinski definition) is 2. The molecule has 8 aromatic rings. The van der Waals surface area contributed by atoms with Gasteiger partial charge >= 0.3 is 0 Å². The van der Waals surface area contributed by atoms with Gasteiger partial charge in [0.2, 0.25) is 0 Å². The van der Waals surface area contributed by atoms with Crippen LogP contribution in [0.3, 0.4) is 0 Å². The van der Waals surface area contributed by atoms with E-state index in [2.05, 4.69) is 141 Å². The maximum atomic E-state index is 6.48. The van der Waals surface area contributed by atoms with Gasteiger partial charge in [-0.15, -0.1) is 0 Å². The number of hydrogen-bond donors (Lipinski definition) is 0. The molecule has 0 unspecified atom stereocenters. The Kier molecular flexibility index (Phi) is 4.99. The highest BCUT2D eigenvalue weighted by atomic mass is 16.5. The van der Waals surface area contributed by atoms with Gasteiger partial charge in [0, 0.05) is 27.3 Å². The van der Waals surface area contributed by atoms with E-state index in [1.54, 1.807) is 0 Å². The first-order valence-electron chi connectivity index (χ1n) is 14.8. The Balaban J connectivity index is 1.24. The number of fused-ring (bicyclic) bond motifs is 7. The molecule has 1 aliphatic heterocycles. The molecule has 1 aromatic heterocycles. The van der Waals surface area contributed by atoms with E-state index >= 15 is 0 Å². The Labute approximate surface area is 249 Å². The van der Waals surface area contributed by atoms with Gasteiger partial charge in [-0.1, -0.05) is 117 Å². The summed E-state index contributed by atoms with van der Waals surface area (Å²) < 4.78 is 12.9. The Hall–Kier alpha value is -5.34. The Bertz CT molecular complexity index is 2410. The van der Waals surface area contributed by atoms with Crippen LogP contribution in [-0.2, 0) is 5.41 Å². The zero-order valence-electron chi connectivity index (χ0n) is 24.0. The first-order chi connectivity index (χ1) is 21.1. The molecule has 0 aliphatic carbocycles. The van der Waals surface area contributed by atoms with E-state index in [0.717, 1.165) is 39.0 Å².